The molecule has 0 aliphatic heterocycles. The van der Waals surface area contributed by atoms with E-state index in [0.29, 0.717) is 12.0 Å². The maximum Gasteiger partial charge on any atom is 1.00 e. The van der Waals surface area contributed by atoms with Crippen LogP contribution in [0.15, 0.2) is 47.4 Å². The normalized spacial score (nSPS) is 11.2. The minimum atomic E-state index is -4.38. The minimum absolute atomic E-state index is 0. The van der Waals surface area contributed by atoms with E-state index in [2.05, 4.69) is 6.92 Å². The van der Waals surface area contributed by atoms with Crippen LogP contribution in [-0.2, 0) is 16.5 Å². The molecule has 0 aliphatic carbocycles. The molecule has 0 spiro atoms. The number of rotatable bonds is 15. The monoisotopic (exact) mass is 470 g/mol. The molecule has 0 aliphatic rings. The van der Waals surface area contributed by atoms with Gasteiger partial charge in [-0.1, -0.05) is 101 Å². The average molecular weight is 471 g/mol. The summed E-state index contributed by atoms with van der Waals surface area (Å²) in [5.41, 5.74) is 0.571. The molecule has 2 aromatic carbocycles. The molecule has 0 saturated carbocycles. The first kappa shape index (κ1) is 29.0. The molecule has 0 fully saturated rings. The summed E-state index contributed by atoms with van der Waals surface area (Å²) >= 11 is 0. The smallest absolute Gasteiger partial charge is 0.870 e. The van der Waals surface area contributed by atoms with Gasteiger partial charge in [-0.05, 0) is 30.5 Å². The Morgan fingerprint density at radius 3 is 1.97 bits per heavy atom. The molecular formula is C25H35NaO5S. The van der Waals surface area contributed by atoms with Gasteiger partial charge in [0.15, 0.2) is 0 Å². The van der Waals surface area contributed by atoms with Crippen molar-refractivity contribution in [1.82, 2.24) is 0 Å². The van der Waals surface area contributed by atoms with Crippen molar-refractivity contribution >= 4 is 10.1 Å². The van der Waals surface area contributed by atoms with Crippen LogP contribution in [0, 0.1) is 0 Å². The quantitative estimate of drug-likeness (QED) is 0.244. The van der Waals surface area contributed by atoms with Gasteiger partial charge in [0.1, 0.15) is 16.4 Å². The van der Waals surface area contributed by atoms with Crippen LogP contribution < -0.4 is 39.4 Å². The molecule has 32 heavy (non-hydrogen) atoms. The fourth-order valence-corrected chi connectivity index (χ4v) is 4.45. The summed E-state index contributed by atoms with van der Waals surface area (Å²) in [5.74, 6) is 0.0291. The first-order chi connectivity index (χ1) is 14.9. The first-order valence-corrected chi connectivity index (χ1v) is 12.9. The maximum absolute atomic E-state index is 11.9. The van der Waals surface area contributed by atoms with E-state index in [9.17, 15) is 18.1 Å². The van der Waals surface area contributed by atoms with Gasteiger partial charge in [0.05, 0.1) is 0 Å². The number of unbranched alkanes of at least 4 members (excludes halogenated alkanes) is 10. The van der Waals surface area contributed by atoms with Gasteiger partial charge in [0.25, 0.3) is 10.1 Å². The summed E-state index contributed by atoms with van der Waals surface area (Å²) < 4.78 is 38.9. The van der Waals surface area contributed by atoms with Crippen LogP contribution in [0.1, 0.15) is 83.1 Å². The third-order valence-corrected chi connectivity index (χ3v) is 6.38. The molecule has 172 valence electrons. The second-order valence-corrected chi connectivity index (χ2v) is 9.47. The van der Waals surface area contributed by atoms with Crippen molar-refractivity contribution in [2.75, 3.05) is 0 Å². The predicted molar refractivity (Wildman–Crippen MR) is 122 cm³/mol. The molecule has 0 bridgehead atoms. The molecule has 2 rings (SSSR count). The second kappa shape index (κ2) is 15.7. The van der Waals surface area contributed by atoms with Crippen molar-refractivity contribution in [1.29, 1.82) is 0 Å². The Hall–Kier alpha value is -1.05. The van der Waals surface area contributed by atoms with Gasteiger partial charge in [-0.15, -0.1) is 0 Å². The Morgan fingerprint density at radius 2 is 1.41 bits per heavy atom. The number of aryl methyl sites for hydroxylation is 1. The summed E-state index contributed by atoms with van der Waals surface area (Å²) in [5, 5.41) is 11.8. The zero-order chi connectivity index (χ0) is 22.5. The fourth-order valence-electron chi connectivity index (χ4n) is 3.69. The largest absolute Gasteiger partial charge is 1.00 e. The van der Waals surface area contributed by atoms with Crippen LogP contribution in [0.2, 0.25) is 0 Å². The molecule has 0 amide bonds. The van der Waals surface area contributed by atoms with E-state index in [1.807, 2.05) is 0 Å². The summed E-state index contributed by atoms with van der Waals surface area (Å²) in [6, 6.07) is 10.7. The van der Waals surface area contributed by atoms with Crippen molar-refractivity contribution in [3.05, 3.63) is 48.0 Å². The molecule has 5 nitrogen and oxygen atoms in total. The second-order valence-electron chi connectivity index (χ2n) is 8.08. The van der Waals surface area contributed by atoms with Gasteiger partial charge in [-0.3, -0.25) is 4.55 Å². The number of hydrogen-bond donors (Lipinski definition) is 1. The summed E-state index contributed by atoms with van der Waals surface area (Å²) in [7, 11) is -4.38. The topological polar surface area (TPSA) is 86.7 Å². The molecular weight excluding hydrogens is 435 g/mol. The van der Waals surface area contributed by atoms with Crippen LogP contribution >= 0.6 is 0 Å². The fraction of sp³-hybridized carbons (Fsp3) is 0.520. The van der Waals surface area contributed by atoms with Gasteiger partial charge in [0.2, 0.25) is 0 Å². The third-order valence-electron chi connectivity index (χ3n) is 5.44. The molecule has 1 N–H and O–H groups in total. The Kier molecular flexibility index (Phi) is 14.2. The molecule has 0 heterocycles. The van der Waals surface area contributed by atoms with E-state index < -0.39 is 10.1 Å². The molecule has 0 aromatic heterocycles. The van der Waals surface area contributed by atoms with Gasteiger partial charge < -0.3 is 9.84 Å². The SMILES string of the molecule is CCCCCCCCCCCCCc1ccc(Oc2ccccc2[O-])cc1S(=O)(=O)O.[Na+]. The van der Waals surface area contributed by atoms with Crippen LogP contribution in [0.3, 0.4) is 0 Å². The van der Waals surface area contributed by atoms with Crippen LogP contribution in [0.4, 0.5) is 0 Å². The van der Waals surface area contributed by atoms with Gasteiger partial charge in [0, 0.05) is 6.07 Å². The Morgan fingerprint density at radius 1 is 0.844 bits per heavy atom. The molecule has 0 unspecified atom stereocenters. The van der Waals surface area contributed by atoms with Crippen molar-refractivity contribution < 1.29 is 52.4 Å². The summed E-state index contributed by atoms with van der Waals surface area (Å²) in [6.45, 7) is 2.23. The molecule has 0 saturated heterocycles. The van der Waals surface area contributed by atoms with Crippen molar-refractivity contribution in [3.63, 3.8) is 0 Å². The number of para-hydroxylation sites is 2. The predicted octanol–water partition coefficient (Wildman–Crippen LogP) is 3.66. The summed E-state index contributed by atoms with van der Waals surface area (Å²) in [6.07, 6.45) is 14.0. The molecule has 7 heteroatoms. The van der Waals surface area contributed by atoms with Crippen molar-refractivity contribution in [3.8, 4) is 17.2 Å². The first-order valence-electron chi connectivity index (χ1n) is 11.5. The Balaban J connectivity index is 0.00000512. The van der Waals surface area contributed by atoms with Gasteiger partial charge in [-0.2, -0.15) is 8.42 Å². The van der Waals surface area contributed by atoms with E-state index in [4.69, 9.17) is 4.74 Å². The van der Waals surface area contributed by atoms with Crippen LogP contribution in [-0.4, -0.2) is 13.0 Å². The van der Waals surface area contributed by atoms with Crippen molar-refractivity contribution in [2.45, 2.75) is 88.9 Å². The Bertz CT molecular complexity index is 899. The third kappa shape index (κ3) is 10.7. The molecule has 2 aromatic rings. The maximum atomic E-state index is 11.9. The van der Waals surface area contributed by atoms with E-state index in [1.165, 1.54) is 69.6 Å². The van der Waals surface area contributed by atoms with E-state index >= 15 is 0 Å². The van der Waals surface area contributed by atoms with Crippen molar-refractivity contribution in [2.24, 2.45) is 0 Å². The average Bonchev–Trinajstić information content (AvgIpc) is 2.73. The van der Waals surface area contributed by atoms with Gasteiger partial charge in [-0.25, -0.2) is 0 Å². The zero-order valence-corrected chi connectivity index (χ0v) is 22.3. The molecule has 0 radical (unpaired) electrons. The van der Waals surface area contributed by atoms with E-state index in [0.717, 1.165) is 19.3 Å². The van der Waals surface area contributed by atoms with E-state index in [-0.39, 0.29) is 51.7 Å². The zero-order valence-electron chi connectivity index (χ0n) is 19.5. The van der Waals surface area contributed by atoms with Gasteiger partial charge >= 0.3 is 29.6 Å². The van der Waals surface area contributed by atoms with E-state index in [1.54, 1.807) is 24.3 Å². The van der Waals surface area contributed by atoms with Crippen LogP contribution in [0.5, 0.6) is 17.2 Å². The van der Waals surface area contributed by atoms with Crippen LogP contribution in [0.25, 0.3) is 0 Å². The molecule has 0 atom stereocenters. The minimum Gasteiger partial charge on any atom is -0.870 e. The standard InChI is InChI=1S/C25H36O5S.Na/c1-2-3-4-5-6-7-8-9-10-11-12-15-21-18-19-22(20-25(21)31(27,28)29)30-24-17-14-13-16-23(24)26;/h13-14,16-20,26H,2-12,15H2,1H3,(H,27,28,29);/q;+1/p-1. The number of ether oxygens (including phenoxy) is 1. The summed E-state index contributed by atoms with van der Waals surface area (Å²) in [4.78, 5) is -0.152. The number of hydrogen-bond acceptors (Lipinski definition) is 4. The Labute approximate surface area is 215 Å². The number of benzene rings is 2.